The first-order valence-electron chi connectivity index (χ1n) is 11.9. The van der Waals surface area contributed by atoms with Crippen LogP contribution < -0.4 is 4.90 Å². The molecule has 3 heterocycles. The zero-order valence-electron chi connectivity index (χ0n) is 18.5. The van der Waals surface area contributed by atoms with Crippen molar-refractivity contribution in [2.24, 2.45) is 5.92 Å². The summed E-state index contributed by atoms with van der Waals surface area (Å²) in [6.07, 6.45) is 12.6. The van der Waals surface area contributed by atoms with Gasteiger partial charge in [0.15, 0.2) is 0 Å². The van der Waals surface area contributed by atoms with E-state index in [1.54, 1.807) is 0 Å². The lowest BCUT2D eigenvalue weighted by atomic mass is 9.87. The van der Waals surface area contributed by atoms with Gasteiger partial charge in [-0.05, 0) is 49.4 Å². The summed E-state index contributed by atoms with van der Waals surface area (Å²) in [6, 6.07) is 10.8. The van der Waals surface area contributed by atoms with Crippen LogP contribution in [0.4, 0.5) is 5.69 Å². The average Bonchev–Trinajstić information content (AvgIpc) is 3.36. The minimum absolute atomic E-state index is 0.240. The SMILES string of the molecule is Cc1ncc2cc(Cc3ccc(N4CCCC4=O)cc3)n(CCC3CCCCC3)c2n1. The van der Waals surface area contributed by atoms with Crippen molar-refractivity contribution in [2.45, 2.75) is 71.3 Å². The number of amides is 1. The second-order valence-electron chi connectivity index (χ2n) is 9.27. The molecule has 0 unspecified atom stereocenters. The predicted molar refractivity (Wildman–Crippen MR) is 124 cm³/mol. The van der Waals surface area contributed by atoms with Crippen molar-refractivity contribution in [3.05, 3.63) is 53.6 Å². The third-order valence-electron chi connectivity index (χ3n) is 7.03. The second-order valence-corrected chi connectivity index (χ2v) is 9.27. The van der Waals surface area contributed by atoms with Crippen LogP contribution >= 0.6 is 0 Å². The summed E-state index contributed by atoms with van der Waals surface area (Å²) in [5.41, 5.74) is 4.65. The molecule has 1 aromatic carbocycles. The molecule has 1 saturated heterocycles. The summed E-state index contributed by atoms with van der Waals surface area (Å²) < 4.78 is 2.43. The fourth-order valence-electron chi connectivity index (χ4n) is 5.29. The van der Waals surface area contributed by atoms with Crippen LogP contribution in [0.1, 0.15) is 68.4 Å². The van der Waals surface area contributed by atoms with Gasteiger partial charge in [-0.1, -0.05) is 44.2 Å². The first-order valence-corrected chi connectivity index (χ1v) is 11.9. The predicted octanol–water partition coefficient (Wildman–Crippen LogP) is 5.43. The van der Waals surface area contributed by atoms with Crippen molar-refractivity contribution in [3.63, 3.8) is 0 Å². The van der Waals surface area contributed by atoms with Gasteiger partial charge in [0.1, 0.15) is 11.5 Å². The molecule has 1 saturated carbocycles. The average molecular weight is 417 g/mol. The minimum Gasteiger partial charge on any atom is -0.329 e. The summed E-state index contributed by atoms with van der Waals surface area (Å²) in [5.74, 6) is 1.92. The third kappa shape index (κ3) is 4.36. The van der Waals surface area contributed by atoms with Crippen LogP contribution in [0.25, 0.3) is 11.0 Å². The molecule has 0 radical (unpaired) electrons. The second kappa shape index (κ2) is 8.81. The molecule has 1 aliphatic carbocycles. The molecule has 5 rings (SSSR count). The Morgan fingerprint density at radius 3 is 2.61 bits per heavy atom. The van der Waals surface area contributed by atoms with Gasteiger partial charge in [-0.25, -0.2) is 9.97 Å². The molecule has 2 aliphatic rings. The number of fused-ring (bicyclic) bond motifs is 1. The van der Waals surface area contributed by atoms with Crippen LogP contribution in [0.15, 0.2) is 36.5 Å². The van der Waals surface area contributed by atoms with Gasteiger partial charge in [0.05, 0.1) is 0 Å². The van der Waals surface area contributed by atoms with E-state index in [1.165, 1.54) is 49.8 Å². The molecular weight excluding hydrogens is 384 g/mol. The molecule has 0 N–H and O–H groups in total. The smallest absolute Gasteiger partial charge is 0.227 e. The molecule has 5 nitrogen and oxygen atoms in total. The maximum Gasteiger partial charge on any atom is 0.227 e. The normalized spacial score (nSPS) is 17.7. The molecule has 2 fully saturated rings. The lowest BCUT2D eigenvalue weighted by Crippen LogP contribution is -2.23. The Morgan fingerprint density at radius 2 is 1.87 bits per heavy atom. The Hall–Kier alpha value is -2.69. The number of rotatable bonds is 6. The van der Waals surface area contributed by atoms with E-state index in [0.29, 0.717) is 6.42 Å². The third-order valence-corrected chi connectivity index (χ3v) is 7.03. The van der Waals surface area contributed by atoms with Crippen LogP contribution in [0.2, 0.25) is 0 Å². The Balaban J connectivity index is 1.38. The van der Waals surface area contributed by atoms with Crippen LogP contribution in [-0.2, 0) is 17.8 Å². The largest absolute Gasteiger partial charge is 0.329 e. The zero-order chi connectivity index (χ0) is 21.2. The van der Waals surface area contributed by atoms with Crippen LogP contribution in [0.5, 0.6) is 0 Å². The summed E-state index contributed by atoms with van der Waals surface area (Å²) >= 11 is 0. The van der Waals surface area contributed by atoms with Crippen LogP contribution in [0.3, 0.4) is 0 Å². The molecule has 1 amide bonds. The Bertz CT molecular complexity index is 1060. The monoisotopic (exact) mass is 416 g/mol. The lowest BCUT2D eigenvalue weighted by molar-refractivity contribution is -0.117. The number of hydrogen-bond acceptors (Lipinski definition) is 3. The summed E-state index contributed by atoms with van der Waals surface area (Å²) in [5, 5.41) is 1.13. The number of hydrogen-bond donors (Lipinski definition) is 0. The van der Waals surface area contributed by atoms with E-state index >= 15 is 0 Å². The van der Waals surface area contributed by atoms with E-state index in [4.69, 9.17) is 4.98 Å². The van der Waals surface area contributed by atoms with Gasteiger partial charge in [0.2, 0.25) is 5.91 Å². The van der Waals surface area contributed by atoms with Gasteiger partial charge in [0, 0.05) is 48.9 Å². The first-order chi connectivity index (χ1) is 15.2. The highest BCUT2D eigenvalue weighted by Gasteiger charge is 2.21. The molecule has 162 valence electrons. The number of carbonyl (C=O) groups excluding carboxylic acids is 1. The van der Waals surface area contributed by atoms with E-state index in [1.807, 2.05) is 18.0 Å². The maximum atomic E-state index is 12.0. The van der Waals surface area contributed by atoms with Gasteiger partial charge >= 0.3 is 0 Å². The van der Waals surface area contributed by atoms with Crippen molar-refractivity contribution in [1.29, 1.82) is 0 Å². The van der Waals surface area contributed by atoms with E-state index in [9.17, 15) is 4.79 Å². The molecule has 5 heteroatoms. The number of aromatic nitrogens is 3. The van der Waals surface area contributed by atoms with Crippen LogP contribution in [-0.4, -0.2) is 27.0 Å². The Morgan fingerprint density at radius 1 is 1.06 bits per heavy atom. The van der Waals surface area contributed by atoms with Crippen molar-refractivity contribution >= 4 is 22.6 Å². The molecule has 1 aliphatic heterocycles. The first kappa shape index (κ1) is 20.2. The van der Waals surface area contributed by atoms with Crippen LogP contribution in [0, 0.1) is 12.8 Å². The number of aryl methyl sites for hydroxylation is 2. The fraction of sp³-hybridized carbons (Fsp3) is 0.500. The Labute approximate surface area is 184 Å². The molecule has 0 bridgehead atoms. The highest BCUT2D eigenvalue weighted by Crippen LogP contribution is 2.29. The standard InChI is InChI=1S/C26H32N4O/c1-19-27-18-22-17-24(30(26(22)28-19)15-13-20-6-3-2-4-7-20)16-21-9-11-23(12-10-21)29-14-5-8-25(29)31/h9-12,17-18,20H,2-8,13-16H2,1H3. The van der Waals surface area contributed by atoms with Crippen molar-refractivity contribution in [3.8, 4) is 0 Å². The summed E-state index contributed by atoms with van der Waals surface area (Å²) in [4.78, 5) is 23.1. The van der Waals surface area contributed by atoms with Gasteiger partial charge in [-0.3, -0.25) is 4.79 Å². The maximum absolute atomic E-state index is 12.0. The van der Waals surface area contributed by atoms with E-state index in [-0.39, 0.29) is 5.91 Å². The molecule has 3 aromatic rings. The number of anilines is 1. The lowest BCUT2D eigenvalue weighted by Gasteiger charge is -2.22. The zero-order valence-corrected chi connectivity index (χ0v) is 18.5. The fourth-order valence-corrected chi connectivity index (χ4v) is 5.29. The number of nitrogens with zero attached hydrogens (tertiary/aromatic N) is 4. The quantitative estimate of drug-likeness (QED) is 0.538. The van der Waals surface area contributed by atoms with Gasteiger partial charge in [-0.15, -0.1) is 0 Å². The molecule has 31 heavy (non-hydrogen) atoms. The summed E-state index contributed by atoms with van der Waals surface area (Å²) in [6.45, 7) is 3.84. The van der Waals surface area contributed by atoms with Gasteiger partial charge in [0.25, 0.3) is 0 Å². The van der Waals surface area contributed by atoms with Crippen molar-refractivity contribution in [1.82, 2.24) is 14.5 Å². The van der Waals surface area contributed by atoms with E-state index in [2.05, 4.69) is 39.9 Å². The molecule has 0 atom stereocenters. The van der Waals surface area contributed by atoms with E-state index in [0.717, 1.165) is 54.4 Å². The van der Waals surface area contributed by atoms with Crippen molar-refractivity contribution < 1.29 is 4.79 Å². The molecule has 2 aromatic heterocycles. The highest BCUT2D eigenvalue weighted by molar-refractivity contribution is 5.95. The van der Waals surface area contributed by atoms with Crippen molar-refractivity contribution in [2.75, 3.05) is 11.4 Å². The highest BCUT2D eigenvalue weighted by atomic mass is 16.2. The molecular formula is C26H32N4O. The number of carbonyl (C=O) groups is 1. The Kier molecular flexibility index (Phi) is 5.75. The topological polar surface area (TPSA) is 51.0 Å². The summed E-state index contributed by atoms with van der Waals surface area (Å²) in [7, 11) is 0. The molecule has 0 spiro atoms. The van der Waals surface area contributed by atoms with Gasteiger partial charge < -0.3 is 9.47 Å². The minimum atomic E-state index is 0.240. The number of benzene rings is 1. The van der Waals surface area contributed by atoms with Gasteiger partial charge in [-0.2, -0.15) is 0 Å². The van der Waals surface area contributed by atoms with E-state index < -0.39 is 0 Å².